The van der Waals surface area contributed by atoms with Crippen molar-refractivity contribution in [1.29, 1.82) is 0 Å². The Hall–Kier alpha value is -1.66. The summed E-state index contributed by atoms with van der Waals surface area (Å²) in [6, 6.07) is 5.21. The van der Waals surface area contributed by atoms with Gasteiger partial charge in [-0.05, 0) is 18.6 Å². The van der Waals surface area contributed by atoms with Gasteiger partial charge in [0.15, 0.2) is 0 Å². The van der Waals surface area contributed by atoms with E-state index < -0.39 is 12.0 Å². The third-order valence-electron chi connectivity index (χ3n) is 2.85. The maximum atomic E-state index is 10.9. The van der Waals surface area contributed by atoms with Crippen LogP contribution in [0.2, 0.25) is 0 Å². The molecule has 1 aromatic heterocycles. The number of fused-ring (bicyclic) bond motifs is 1. The average molecular weight is 280 g/mol. The normalized spacial score (nSPS) is 12.5. The molecule has 0 aliphatic heterocycles. The lowest BCUT2D eigenvalue weighted by molar-refractivity contribution is -0.139. The lowest BCUT2D eigenvalue weighted by Crippen LogP contribution is -2.35. The van der Waals surface area contributed by atoms with Gasteiger partial charge in [0.1, 0.15) is 16.8 Å². The monoisotopic (exact) mass is 280 g/mol. The number of benzene rings is 1. The van der Waals surface area contributed by atoms with Crippen molar-refractivity contribution in [1.82, 2.24) is 10.3 Å². The molecule has 0 saturated heterocycles. The summed E-state index contributed by atoms with van der Waals surface area (Å²) in [6.07, 6.45) is 0.550. The summed E-state index contributed by atoms with van der Waals surface area (Å²) in [5.74, 6) is -0.0560. The number of hydrogen-bond donors (Lipinski definition) is 2. The van der Waals surface area contributed by atoms with E-state index in [4.69, 9.17) is 9.84 Å². The molecule has 0 amide bonds. The summed E-state index contributed by atoms with van der Waals surface area (Å²) in [7, 11) is 1.62. The second kappa shape index (κ2) is 5.99. The van der Waals surface area contributed by atoms with Crippen LogP contribution in [0.25, 0.3) is 10.2 Å². The van der Waals surface area contributed by atoms with Crippen LogP contribution in [-0.4, -0.2) is 29.2 Å². The molecular weight excluding hydrogens is 264 g/mol. The fraction of sp³-hybridized carbons (Fsp3) is 0.385. The van der Waals surface area contributed by atoms with Gasteiger partial charge in [0.2, 0.25) is 0 Å². The number of aromatic nitrogens is 1. The number of carboxylic acids is 1. The highest BCUT2D eigenvalue weighted by atomic mass is 32.1. The van der Waals surface area contributed by atoms with Crippen LogP contribution < -0.4 is 10.1 Å². The number of nitrogens with zero attached hydrogens (tertiary/aromatic N) is 1. The van der Waals surface area contributed by atoms with E-state index in [2.05, 4.69) is 10.3 Å². The van der Waals surface area contributed by atoms with Crippen LogP contribution in [0.1, 0.15) is 18.4 Å². The largest absolute Gasteiger partial charge is 0.497 e. The molecule has 2 rings (SSSR count). The number of hydrogen-bond acceptors (Lipinski definition) is 5. The Balaban J connectivity index is 2.11. The Labute approximate surface area is 115 Å². The van der Waals surface area contributed by atoms with E-state index in [0.717, 1.165) is 21.0 Å². The van der Waals surface area contributed by atoms with Gasteiger partial charge in [-0.2, -0.15) is 0 Å². The van der Waals surface area contributed by atoms with Crippen molar-refractivity contribution < 1.29 is 14.6 Å². The van der Waals surface area contributed by atoms with Crippen LogP contribution >= 0.6 is 11.3 Å². The molecule has 0 unspecified atom stereocenters. The summed E-state index contributed by atoms with van der Waals surface area (Å²) in [4.78, 5) is 15.4. The molecule has 0 bridgehead atoms. The first-order valence-corrected chi connectivity index (χ1v) is 6.85. The minimum atomic E-state index is -0.828. The van der Waals surface area contributed by atoms with Crippen molar-refractivity contribution in [2.45, 2.75) is 25.9 Å². The number of ether oxygens (including phenoxy) is 1. The minimum Gasteiger partial charge on any atom is -0.497 e. The number of thiazole rings is 1. The SMILES string of the molecule is CC[C@@H](NCc1nc2cc(OC)ccc2s1)C(=O)O. The topological polar surface area (TPSA) is 71.5 Å². The van der Waals surface area contributed by atoms with Crippen molar-refractivity contribution in [3.63, 3.8) is 0 Å². The lowest BCUT2D eigenvalue weighted by Gasteiger charge is -2.09. The second-order valence-electron chi connectivity index (χ2n) is 4.12. The molecule has 6 heteroatoms. The number of carboxylic acid groups (broad SMARTS) is 1. The highest BCUT2D eigenvalue weighted by Gasteiger charge is 2.14. The third kappa shape index (κ3) is 3.21. The number of aliphatic carboxylic acids is 1. The van der Waals surface area contributed by atoms with Crippen LogP contribution in [0, 0.1) is 0 Å². The average Bonchev–Trinajstić information content (AvgIpc) is 2.80. The Kier molecular flexibility index (Phi) is 4.34. The zero-order valence-corrected chi connectivity index (χ0v) is 11.7. The molecule has 1 heterocycles. The zero-order chi connectivity index (χ0) is 13.8. The lowest BCUT2D eigenvalue weighted by atomic mass is 10.2. The summed E-state index contributed by atoms with van der Waals surface area (Å²) >= 11 is 1.56. The van der Waals surface area contributed by atoms with Gasteiger partial charge in [0, 0.05) is 12.6 Å². The minimum absolute atomic E-state index is 0.465. The van der Waals surface area contributed by atoms with Gasteiger partial charge in [0.25, 0.3) is 0 Å². The van der Waals surface area contributed by atoms with E-state index >= 15 is 0 Å². The quantitative estimate of drug-likeness (QED) is 0.849. The van der Waals surface area contributed by atoms with Gasteiger partial charge in [-0.1, -0.05) is 6.92 Å². The fourth-order valence-electron chi connectivity index (χ4n) is 1.77. The molecule has 2 N–H and O–H groups in total. The van der Waals surface area contributed by atoms with Crippen molar-refractivity contribution in [2.24, 2.45) is 0 Å². The van der Waals surface area contributed by atoms with Gasteiger partial charge in [-0.25, -0.2) is 4.98 Å². The number of carbonyl (C=O) groups is 1. The van der Waals surface area contributed by atoms with Crippen molar-refractivity contribution in [3.05, 3.63) is 23.2 Å². The Morgan fingerprint density at radius 2 is 2.37 bits per heavy atom. The van der Waals surface area contributed by atoms with Crippen LogP contribution in [0.4, 0.5) is 0 Å². The molecular formula is C13H16N2O3S. The van der Waals surface area contributed by atoms with Crippen molar-refractivity contribution >= 4 is 27.5 Å². The predicted molar refractivity (Wildman–Crippen MR) is 74.7 cm³/mol. The molecule has 102 valence electrons. The highest BCUT2D eigenvalue weighted by Crippen LogP contribution is 2.25. The van der Waals surface area contributed by atoms with E-state index in [0.29, 0.717) is 13.0 Å². The highest BCUT2D eigenvalue weighted by molar-refractivity contribution is 7.18. The van der Waals surface area contributed by atoms with Gasteiger partial charge < -0.3 is 9.84 Å². The van der Waals surface area contributed by atoms with Crippen LogP contribution in [-0.2, 0) is 11.3 Å². The van der Waals surface area contributed by atoms with E-state index in [1.807, 2.05) is 25.1 Å². The maximum Gasteiger partial charge on any atom is 0.320 e. The first kappa shape index (κ1) is 13.8. The molecule has 0 radical (unpaired) electrons. The van der Waals surface area contributed by atoms with Crippen molar-refractivity contribution in [3.8, 4) is 5.75 Å². The third-order valence-corrected chi connectivity index (χ3v) is 3.88. The first-order chi connectivity index (χ1) is 9.13. The molecule has 5 nitrogen and oxygen atoms in total. The summed E-state index contributed by atoms with van der Waals surface area (Å²) in [6.45, 7) is 2.31. The van der Waals surface area contributed by atoms with Crippen LogP contribution in [0.3, 0.4) is 0 Å². The summed E-state index contributed by atoms with van der Waals surface area (Å²) in [5.41, 5.74) is 0.879. The summed E-state index contributed by atoms with van der Waals surface area (Å²) in [5, 5.41) is 12.8. The number of nitrogens with one attached hydrogen (secondary N) is 1. The van der Waals surface area contributed by atoms with Gasteiger partial charge in [-0.15, -0.1) is 11.3 Å². The number of rotatable bonds is 6. The smallest absolute Gasteiger partial charge is 0.320 e. The van der Waals surface area contributed by atoms with E-state index in [9.17, 15) is 4.79 Å². The van der Waals surface area contributed by atoms with Crippen LogP contribution in [0.5, 0.6) is 5.75 Å². The molecule has 2 aromatic rings. The molecule has 0 aliphatic rings. The van der Waals surface area contributed by atoms with E-state index in [1.165, 1.54) is 0 Å². The van der Waals surface area contributed by atoms with E-state index in [-0.39, 0.29) is 0 Å². The molecule has 0 aliphatic carbocycles. The van der Waals surface area contributed by atoms with Gasteiger partial charge in [0.05, 0.1) is 17.3 Å². The molecule has 1 atom stereocenters. The van der Waals surface area contributed by atoms with Crippen LogP contribution in [0.15, 0.2) is 18.2 Å². The second-order valence-corrected chi connectivity index (χ2v) is 5.24. The Morgan fingerprint density at radius 1 is 1.58 bits per heavy atom. The standard InChI is InChI=1S/C13H16N2O3S/c1-3-9(13(16)17)14-7-12-15-10-6-8(18-2)4-5-11(10)19-12/h4-6,9,14H,3,7H2,1-2H3,(H,16,17)/t9-/m1/s1. The molecule has 19 heavy (non-hydrogen) atoms. The maximum absolute atomic E-state index is 10.9. The van der Waals surface area contributed by atoms with E-state index in [1.54, 1.807) is 18.4 Å². The zero-order valence-electron chi connectivity index (χ0n) is 10.8. The predicted octanol–water partition coefficient (Wildman–Crippen LogP) is 2.26. The van der Waals surface area contributed by atoms with Crippen molar-refractivity contribution in [2.75, 3.05) is 7.11 Å². The van der Waals surface area contributed by atoms with Gasteiger partial charge in [-0.3, -0.25) is 10.1 Å². The Morgan fingerprint density at radius 3 is 3.00 bits per heavy atom. The first-order valence-electron chi connectivity index (χ1n) is 6.03. The molecule has 1 aromatic carbocycles. The summed E-state index contributed by atoms with van der Waals surface area (Å²) < 4.78 is 6.22. The molecule has 0 saturated carbocycles. The number of methoxy groups -OCH3 is 1. The fourth-order valence-corrected chi connectivity index (χ4v) is 2.67. The molecule has 0 spiro atoms. The molecule has 0 fully saturated rings. The Bertz CT molecular complexity index is 582. The van der Waals surface area contributed by atoms with Gasteiger partial charge >= 0.3 is 5.97 Å².